The van der Waals surface area contributed by atoms with Gasteiger partial charge in [0.05, 0.1) is 6.10 Å². The van der Waals surface area contributed by atoms with Crippen molar-refractivity contribution in [3.8, 4) is 0 Å². The molecule has 0 amide bonds. The van der Waals surface area contributed by atoms with Crippen LogP contribution in [0.4, 0.5) is 0 Å². The van der Waals surface area contributed by atoms with Crippen LogP contribution in [0.5, 0.6) is 0 Å². The van der Waals surface area contributed by atoms with Crippen molar-refractivity contribution in [3.05, 3.63) is 0 Å². The Morgan fingerprint density at radius 3 is 2.75 bits per heavy atom. The van der Waals surface area contributed by atoms with Gasteiger partial charge in [-0.2, -0.15) is 0 Å². The van der Waals surface area contributed by atoms with Crippen LogP contribution in [0.2, 0.25) is 0 Å². The summed E-state index contributed by atoms with van der Waals surface area (Å²) in [6.07, 6.45) is 5.17. The Labute approximate surface area is 75.2 Å². The minimum absolute atomic E-state index is 0.0579. The molecule has 0 radical (unpaired) electrons. The predicted molar refractivity (Wildman–Crippen MR) is 49.0 cm³/mol. The molecule has 0 saturated carbocycles. The van der Waals surface area contributed by atoms with Crippen molar-refractivity contribution in [3.63, 3.8) is 0 Å². The molecule has 2 atom stereocenters. The fourth-order valence-electron chi connectivity index (χ4n) is 1.74. The van der Waals surface area contributed by atoms with Gasteiger partial charge in [0.15, 0.2) is 6.29 Å². The molecule has 2 nitrogen and oxygen atoms in total. The second kappa shape index (κ2) is 4.83. The van der Waals surface area contributed by atoms with Gasteiger partial charge in [-0.05, 0) is 31.6 Å². The lowest BCUT2D eigenvalue weighted by atomic mass is 9.99. The number of hydrogen-bond donors (Lipinski definition) is 0. The van der Waals surface area contributed by atoms with Crippen LogP contribution < -0.4 is 0 Å². The summed E-state index contributed by atoms with van der Waals surface area (Å²) in [7, 11) is 1.72. The van der Waals surface area contributed by atoms with E-state index >= 15 is 0 Å². The van der Waals surface area contributed by atoms with E-state index in [2.05, 4.69) is 13.8 Å². The summed E-state index contributed by atoms with van der Waals surface area (Å²) in [5, 5.41) is 0. The minimum atomic E-state index is 0.0579. The second-order valence-electron chi connectivity index (χ2n) is 3.98. The van der Waals surface area contributed by atoms with Crippen LogP contribution in [-0.2, 0) is 9.47 Å². The lowest BCUT2D eigenvalue weighted by Gasteiger charge is -2.29. The van der Waals surface area contributed by atoms with Crippen molar-refractivity contribution in [1.29, 1.82) is 0 Å². The number of methoxy groups -OCH3 is 1. The zero-order valence-corrected chi connectivity index (χ0v) is 8.38. The Morgan fingerprint density at radius 2 is 2.17 bits per heavy atom. The molecule has 1 fully saturated rings. The maximum absolute atomic E-state index is 5.72. The van der Waals surface area contributed by atoms with E-state index in [-0.39, 0.29) is 6.29 Å². The molecule has 1 saturated heterocycles. The smallest absolute Gasteiger partial charge is 0.157 e. The molecule has 1 rings (SSSR count). The van der Waals surface area contributed by atoms with Crippen LogP contribution in [0, 0.1) is 5.92 Å². The summed E-state index contributed by atoms with van der Waals surface area (Å²) in [5.74, 6) is 0.727. The fourth-order valence-corrected chi connectivity index (χ4v) is 1.74. The molecule has 0 aliphatic carbocycles. The van der Waals surface area contributed by atoms with Gasteiger partial charge in [0.2, 0.25) is 0 Å². The minimum Gasteiger partial charge on any atom is -0.356 e. The summed E-state index contributed by atoms with van der Waals surface area (Å²) in [5.41, 5.74) is 0. The van der Waals surface area contributed by atoms with Crippen molar-refractivity contribution < 1.29 is 9.47 Å². The van der Waals surface area contributed by atoms with Crippen molar-refractivity contribution in [2.75, 3.05) is 7.11 Å². The molecule has 1 aliphatic heterocycles. The zero-order chi connectivity index (χ0) is 8.97. The molecule has 12 heavy (non-hydrogen) atoms. The van der Waals surface area contributed by atoms with Crippen LogP contribution in [0.25, 0.3) is 0 Å². The summed E-state index contributed by atoms with van der Waals surface area (Å²) in [6.45, 7) is 4.47. The third-order valence-electron chi connectivity index (χ3n) is 2.31. The summed E-state index contributed by atoms with van der Waals surface area (Å²) >= 11 is 0. The van der Waals surface area contributed by atoms with E-state index in [4.69, 9.17) is 9.47 Å². The van der Waals surface area contributed by atoms with Crippen molar-refractivity contribution >= 4 is 0 Å². The highest BCUT2D eigenvalue weighted by molar-refractivity contribution is 4.67. The van der Waals surface area contributed by atoms with Gasteiger partial charge < -0.3 is 9.47 Å². The highest BCUT2D eigenvalue weighted by atomic mass is 16.7. The normalized spacial score (nSPS) is 31.0. The van der Waals surface area contributed by atoms with Crippen molar-refractivity contribution in [2.45, 2.75) is 51.9 Å². The Bertz CT molecular complexity index is 123. The highest BCUT2D eigenvalue weighted by Crippen LogP contribution is 2.23. The zero-order valence-electron chi connectivity index (χ0n) is 8.38. The predicted octanol–water partition coefficient (Wildman–Crippen LogP) is 2.57. The number of rotatable bonds is 3. The van der Waals surface area contributed by atoms with E-state index in [9.17, 15) is 0 Å². The van der Waals surface area contributed by atoms with Crippen LogP contribution in [0.3, 0.4) is 0 Å². The van der Waals surface area contributed by atoms with Crippen LogP contribution in [0.15, 0.2) is 0 Å². The van der Waals surface area contributed by atoms with E-state index in [0.29, 0.717) is 6.10 Å². The SMILES string of the molecule is COC1CCCC(CC(C)C)O1. The molecule has 0 spiro atoms. The maximum Gasteiger partial charge on any atom is 0.157 e. The maximum atomic E-state index is 5.72. The van der Waals surface area contributed by atoms with Gasteiger partial charge in [0, 0.05) is 7.11 Å². The third-order valence-corrected chi connectivity index (χ3v) is 2.31. The van der Waals surface area contributed by atoms with Gasteiger partial charge in [0.25, 0.3) is 0 Å². The van der Waals surface area contributed by atoms with Gasteiger partial charge in [-0.25, -0.2) is 0 Å². The first-order valence-corrected chi connectivity index (χ1v) is 4.90. The van der Waals surface area contributed by atoms with Crippen molar-refractivity contribution in [1.82, 2.24) is 0 Å². The molecule has 72 valence electrons. The molecule has 0 aromatic rings. The quantitative estimate of drug-likeness (QED) is 0.651. The average molecular weight is 172 g/mol. The summed E-state index contributed by atoms with van der Waals surface area (Å²) in [6, 6.07) is 0. The topological polar surface area (TPSA) is 18.5 Å². The Balaban J connectivity index is 2.25. The molecule has 0 bridgehead atoms. The largest absolute Gasteiger partial charge is 0.356 e. The van der Waals surface area contributed by atoms with Crippen LogP contribution in [-0.4, -0.2) is 19.5 Å². The molecule has 2 heteroatoms. The molecular formula is C10H20O2. The summed E-state index contributed by atoms with van der Waals surface area (Å²) in [4.78, 5) is 0. The molecule has 0 aromatic carbocycles. The third kappa shape index (κ3) is 3.11. The van der Waals surface area contributed by atoms with E-state index in [0.717, 1.165) is 12.3 Å². The summed E-state index contributed by atoms with van der Waals surface area (Å²) < 4.78 is 10.9. The van der Waals surface area contributed by atoms with Crippen LogP contribution >= 0.6 is 0 Å². The number of ether oxygens (including phenoxy) is 2. The van der Waals surface area contributed by atoms with Gasteiger partial charge in [-0.15, -0.1) is 0 Å². The van der Waals surface area contributed by atoms with E-state index in [1.807, 2.05) is 0 Å². The highest BCUT2D eigenvalue weighted by Gasteiger charge is 2.22. The van der Waals surface area contributed by atoms with Gasteiger partial charge in [-0.1, -0.05) is 13.8 Å². The van der Waals surface area contributed by atoms with Crippen molar-refractivity contribution in [2.24, 2.45) is 5.92 Å². The lowest BCUT2D eigenvalue weighted by molar-refractivity contribution is -0.183. The molecule has 1 aliphatic rings. The van der Waals surface area contributed by atoms with E-state index in [1.165, 1.54) is 19.3 Å². The number of hydrogen-bond acceptors (Lipinski definition) is 2. The van der Waals surface area contributed by atoms with Crippen LogP contribution in [0.1, 0.15) is 39.5 Å². The molecule has 2 unspecified atom stereocenters. The molecule has 1 heterocycles. The molecule has 0 aromatic heterocycles. The average Bonchev–Trinajstić information content (AvgIpc) is 2.03. The van der Waals surface area contributed by atoms with Gasteiger partial charge >= 0.3 is 0 Å². The molecular weight excluding hydrogens is 152 g/mol. The first-order valence-electron chi connectivity index (χ1n) is 4.90. The van der Waals surface area contributed by atoms with E-state index in [1.54, 1.807) is 7.11 Å². The Kier molecular flexibility index (Phi) is 4.02. The van der Waals surface area contributed by atoms with Gasteiger partial charge in [-0.3, -0.25) is 0 Å². The Morgan fingerprint density at radius 1 is 1.42 bits per heavy atom. The first-order chi connectivity index (χ1) is 5.72. The van der Waals surface area contributed by atoms with Gasteiger partial charge in [0.1, 0.15) is 0 Å². The monoisotopic (exact) mass is 172 g/mol. The standard InChI is InChI=1S/C10H20O2/c1-8(2)7-9-5-4-6-10(11-3)12-9/h8-10H,4-7H2,1-3H3. The van der Waals surface area contributed by atoms with E-state index < -0.39 is 0 Å². The molecule has 0 N–H and O–H groups in total. The first kappa shape index (κ1) is 10.0. The fraction of sp³-hybridized carbons (Fsp3) is 1.00. The second-order valence-corrected chi connectivity index (χ2v) is 3.98. The lowest BCUT2D eigenvalue weighted by Crippen LogP contribution is -2.29. The Hall–Kier alpha value is -0.0800.